The molecule has 1 aromatic heterocycles. The number of halogens is 2. The molecule has 21 heavy (non-hydrogen) atoms. The predicted molar refractivity (Wildman–Crippen MR) is 78.7 cm³/mol. The maximum absolute atomic E-state index is 13.6. The van der Waals surface area contributed by atoms with Crippen LogP contribution in [0.15, 0.2) is 42.7 Å². The summed E-state index contributed by atoms with van der Waals surface area (Å²) in [4.78, 5) is 19.1. The summed E-state index contributed by atoms with van der Waals surface area (Å²) >= 11 is 5.86. The number of amides is 1. The molecule has 0 saturated heterocycles. The molecule has 0 bridgehead atoms. The van der Waals surface area contributed by atoms with Crippen molar-refractivity contribution >= 4 is 28.5 Å². The second-order valence-corrected chi connectivity index (χ2v) is 4.94. The number of nitrogens with one attached hydrogen (secondary N) is 2. The molecule has 0 aliphatic rings. The minimum absolute atomic E-state index is 0.0940. The largest absolute Gasteiger partial charge is 0.348 e. The molecular weight excluding hydrogens is 293 g/mol. The van der Waals surface area contributed by atoms with Crippen LogP contribution in [-0.2, 0) is 6.54 Å². The van der Waals surface area contributed by atoms with E-state index in [0.29, 0.717) is 0 Å². The number of carbonyl (C=O) groups is 1. The van der Waals surface area contributed by atoms with Crippen molar-refractivity contribution in [1.82, 2.24) is 15.3 Å². The van der Waals surface area contributed by atoms with Crippen LogP contribution in [0.25, 0.3) is 11.0 Å². The van der Waals surface area contributed by atoms with Gasteiger partial charge in [-0.05, 0) is 29.8 Å². The first kappa shape index (κ1) is 13.6. The fourth-order valence-electron chi connectivity index (χ4n) is 2.08. The normalized spacial score (nSPS) is 10.8. The Hall–Kier alpha value is -2.40. The topological polar surface area (TPSA) is 57.8 Å². The molecular formula is C15H11ClFN3O. The number of hydrogen-bond acceptors (Lipinski definition) is 2. The Morgan fingerprint density at radius 2 is 2.19 bits per heavy atom. The van der Waals surface area contributed by atoms with Crippen molar-refractivity contribution in [1.29, 1.82) is 0 Å². The Morgan fingerprint density at radius 1 is 1.33 bits per heavy atom. The van der Waals surface area contributed by atoms with Crippen LogP contribution in [0.1, 0.15) is 15.9 Å². The molecule has 0 fully saturated rings. The molecule has 106 valence electrons. The van der Waals surface area contributed by atoms with Crippen molar-refractivity contribution < 1.29 is 9.18 Å². The SMILES string of the molecule is O=C(NCc1ccc2nc[nH]c2c1)c1c(F)cccc1Cl. The molecule has 4 nitrogen and oxygen atoms in total. The van der Waals surface area contributed by atoms with Crippen molar-refractivity contribution in [2.75, 3.05) is 0 Å². The van der Waals surface area contributed by atoms with Gasteiger partial charge in [0.1, 0.15) is 5.82 Å². The summed E-state index contributed by atoms with van der Waals surface area (Å²) in [5.74, 6) is -1.17. The van der Waals surface area contributed by atoms with Crippen LogP contribution in [0.3, 0.4) is 0 Å². The van der Waals surface area contributed by atoms with E-state index in [4.69, 9.17) is 11.6 Å². The molecule has 0 atom stereocenters. The maximum atomic E-state index is 13.6. The molecule has 6 heteroatoms. The van der Waals surface area contributed by atoms with Crippen molar-refractivity contribution in [2.24, 2.45) is 0 Å². The van der Waals surface area contributed by atoms with E-state index >= 15 is 0 Å². The second-order valence-electron chi connectivity index (χ2n) is 4.53. The van der Waals surface area contributed by atoms with Crippen molar-refractivity contribution in [3.05, 3.63) is 64.7 Å². The molecule has 2 aromatic carbocycles. The van der Waals surface area contributed by atoms with Crippen LogP contribution < -0.4 is 5.32 Å². The average Bonchev–Trinajstić information content (AvgIpc) is 2.92. The number of H-pyrrole nitrogens is 1. The smallest absolute Gasteiger partial charge is 0.256 e. The van der Waals surface area contributed by atoms with E-state index in [1.807, 2.05) is 18.2 Å². The molecule has 0 unspecified atom stereocenters. The Kier molecular flexibility index (Phi) is 3.58. The first-order chi connectivity index (χ1) is 10.1. The van der Waals surface area contributed by atoms with E-state index in [9.17, 15) is 9.18 Å². The van der Waals surface area contributed by atoms with Crippen LogP contribution in [0.2, 0.25) is 5.02 Å². The zero-order valence-corrected chi connectivity index (χ0v) is 11.6. The Morgan fingerprint density at radius 3 is 3.00 bits per heavy atom. The number of aromatic amines is 1. The van der Waals surface area contributed by atoms with Gasteiger partial charge in [-0.15, -0.1) is 0 Å². The number of hydrogen-bond donors (Lipinski definition) is 2. The van der Waals surface area contributed by atoms with Crippen molar-refractivity contribution in [3.63, 3.8) is 0 Å². The number of imidazole rings is 1. The standard InChI is InChI=1S/C15H11ClFN3O/c16-10-2-1-3-11(17)14(10)15(21)18-7-9-4-5-12-13(6-9)20-8-19-12/h1-6,8H,7H2,(H,18,21)(H,19,20). The number of nitrogens with zero attached hydrogens (tertiary/aromatic N) is 1. The minimum Gasteiger partial charge on any atom is -0.348 e. The zero-order valence-electron chi connectivity index (χ0n) is 10.9. The summed E-state index contributed by atoms with van der Waals surface area (Å²) in [6, 6.07) is 9.73. The van der Waals surface area contributed by atoms with Gasteiger partial charge in [0, 0.05) is 6.54 Å². The summed E-state index contributed by atoms with van der Waals surface area (Å²) < 4.78 is 13.6. The fraction of sp³-hybridized carbons (Fsp3) is 0.0667. The van der Waals surface area contributed by atoms with Crippen molar-refractivity contribution in [2.45, 2.75) is 6.54 Å². The highest BCUT2D eigenvalue weighted by molar-refractivity contribution is 6.33. The summed E-state index contributed by atoms with van der Waals surface area (Å²) in [6.45, 7) is 0.276. The van der Waals surface area contributed by atoms with Gasteiger partial charge in [0.05, 0.1) is 27.9 Å². The van der Waals surface area contributed by atoms with Gasteiger partial charge in [-0.2, -0.15) is 0 Å². The number of fused-ring (bicyclic) bond motifs is 1. The molecule has 1 heterocycles. The van der Waals surface area contributed by atoms with E-state index in [0.717, 1.165) is 16.6 Å². The molecule has 0 aliphatic heterocycles. The van der Waals surface area contributed by atoms with Crippen LogP contribution in [0.4, 0.5) is 4.39 Å². The molecule has 0 radical (unpaired) electrons. The van der Waals surface area contributed by atoms with E-state index in [-0.39, 0.29) is 17.1 Å². The molecule has 3 rings (SSSR count). The van der Waals surface area contributed by atoms with E-state index in [1.54, 1.807) is 6.33 Å². The first-order valence-electron chi connectivity index (χ1n) is 6.29. The molecule has 3 aromatic rings. The van der Waals surface area contributed by atoms with Crippen LogP contribution in [-0.4, -0.2) is 15.9 Å². The van der Waals surface area contributed by atoms with Gasteiger partial charge >= 0.3 is 0 Å². The maximum Gasteiger partial charge on any atom is 0.256 e. The van der Waals surface area contributed by atoms with E-state index in [1.165, 1.54) is 18.2 Å². The van der Waals surface area contributed by atoms with Gasteiger partial charge in [0.2, 0.25) is 0 Å². The van der Waals surface area contributed by atoms with Crippen LogP contribution >= 0.6 is 11.6 Å². The summed E-state index contributed by atoms with van der Waals surface area (Å²) in [6.07, 6.45) is 1.60. The minimum atomic E-state index is -0.635. The summed E-state index contributed by atoms with van der Waals surface area (Å²) in [5, 5.41) is 2.75. The average molecular weight is 304 g/mol. The Balaban J connectivity index is 1.76. The van der Waals surface area contributed by atoms with Gasteiger partial charge in [-0.25, -0.2) is 9.37 Å². The third-order valence-electron chi connectivity index (χ3n) is 3.13. The highest BCUT2D eigenvalue weighted by Crippen LogP contribution is 2.19. The first-order valence-corrected chi connectivity index (χ1v) is 6.67. The summed E-state index contributed by atoms with van der Waals surface area (Å²) in [5.41, 5.74) is 2.47. The predicted octanol–water partition coefficient (Wildman–Crippen LogP) is 3.29. The lowest BCUT2D eigenvalue weighted by molar-refractivity contribution is 0.0947. The van der Waals surface area contributed by atoms with Gasteiger partial charge in [-0.3, -0.25) is 4.79 Å². The molecule has 0 spiro atoms. The van der Waals surface area contributed by atoms with Gasteiger partial charge < -0.3 is 10.3 Å². The lowest BCUT2D eigenvalue weighted by Gasteiger charge is -2.08. The Bertz CT molecular complexity index is 795. The zero-order chi connectivity index (χ0) is 14.8. The van der Waals surface area contributed by atoms with Crippen LogP contribution in [0, 0.1) is 5.82 Å². The molecule has 2 N–H and O–H groups in total. The van der Waals surface area contributed by atoms with Gasteiger partial charge in [0.25, 0.3) is 5.91 Å². The monoisotopic (exact) mass is 303 g/mol. The van der Waals surface area contributed by atoms with Crippen LogP contribution in [0.5, 0.6) is 0 Å². The highest BCUT2D eigenvalue weighted by Gasteiger charge is 2.15. The lowest BCUT2D eigenvalue weighted by atomic mass is 10.1. The molecule has 1 amide bonds. The number of rotatable bonds is 3. The van der Waals surface area contributed by atoms with Crippen molar-refractivity contribution in [3.8, 4) is 0 Å². The molecule has 0 aliphatic carbocycles. The number of benzene rings is 2. The third-order valence-corrected chi connectivity index (χ3v) is 3.44. The van der Waals surface area contributed by atoms with E-state index in [2.05, 4.69) is 15.3 Å². The quantitative estimate of drug-likeness (QED) is 0.780. The van der Waals surface area contributed by atoms with E-state index < -0.39 is 11.7 Å². The summed E-state index contributed by atoms with van der Waals surface area (Å²) in [7, 11) is 0. The second kappa shape index (κ2) is 5.54. The van der Waals surface area contributed by atoms with Gasteiger partial charge in [0.15, 0.2) is 0 Å². The highest BCUT2D eigenvalue weighted by atomic mass is 35.5. The van der Waals surface area contributed by atoms with Gasteiger partial charge in [-0.1, -0.05) is 23.7 Å². The Labute approximate surface area is 125 Å². The fourth-order valence-corrected chi connectivity index (χ4v) is 2.33. The lowest BCUT2D eigenvalue weighted by Crippen LogP contribution is -2.24. The molecule has 0 saturated carbocycles. The number of carbonyl (C=O) groups excluding carboxylic acids is 1. The third kappa shape index (κ3) is 2.73. The number of aromatic nitrogens is 2.